The monoisotopic (exact) mass is 1820 g/mol. The van der Waals surface area contributed by atoms with Gasteiger partial charge in [0.1, 0.15) is 22.3 Å². The van der Waals surface area contributed by atoms with Crippen LogP contribution in [0.15, 0.2) is 456 Å². The fraction of sp³-hybridized carbons (Fsp3) is 0.0153. The second-order valence-electron chi connectivity index (χ2n) is 38.5. The summed E-state index contributed by atoms with van der Waals surface area (Å²) >= 11 is 0. The molecule has 8 heterocycles. The Morgan fingerprint density at radius 2 is 0.601 bits per heavy atom. The van der Waals surface area contributed by atoms with Crippen LogP contribution in [0.25, 0.3) is 290 Å². The minimum Gasteiger partial charge on any atom is -0.455 e. The lowest BCUT2D eigenvalue weighted by atomic mass is 9.95. The first-order chi connectivity index (χ1) is 70.8. The largest absolute Gasteiger partial charge is 0.455 e. The highest BCUT2D eigenvalue weighted by Crippen LogP contribution is 2.50. The normalized spacial score (nSPS) is 13.5. The predicted molar refractivity (Wildman–Crippen MR) is 595 cm³/mol. The number of aliphatic imine (C=N–C) groups is 2. The molecule has 12 nitrogen and oxygen atoms in total. The second kappa shape index (κ2) is 29.4. The Balaban J connectivity index is 0.549. The summed E-state index contributed by atoms with van der Waals surface area (Å²) in [6.07, 6.45) is -0.516. The van der Waals surface area contributed by atoms with Crippen molar-refractivity contribution in [1.29, 1.82) is 0 Å². The van der Waals surface area contributed by atoms with Gasteiger partial charge >= 0.3 is 0 Å². The van der Waals surface area contributed by atoms with Crippen molar-refractivity contribution in [2.75, 3.05) is 7.05 Å². The van der Waals surface area contributed by atoms with Crippen LogP contribution in [0.4, 0.5) is 0 Å². The zero-order valence-corrected chi connectivity index (χ0v) is 76.9. The summed E-state index contributed by atoms with van der Waals surface area (Å²) < 4.78 is 24.0. The Labute approximate surface area is 814 Å². The minimum atomic E-state index is -0.516. The fourth-order valence-electron chi connectivity index (χ4n) is 24.3. The number of benzene rings is 24. The van der Waals surface area contributed by atoms with Gasteiger partial charge in [0, 0.05) is 94.2 Å². The van der Waals surface area contributed by atoms with E-state index in [0.717, 1.165) is 230 Å². The van der Waals surface area contributed by atoms with Crippen LogP contribution in [0.5, 0.6) is 0 Å². The lowest BCUT2D eigenvalue weighted by Gasteiger charge is -2.34. The highest BCUT2D eigenvalue weighted by molar-refractivity contribution is 6.29. The van der Waals surface area contributed by atoms with Crippen LogP contribution in [0.1, 0.15) is 17.3 Å². The molecule has 662 valence electrons. The van der Waals surface area contributed by atoms with E-state index in [0.29, 0.717) is 29.0 Å². The van der Waals surface area contributed by atoms with E-state index in [-0.39, 0.29) is 0 Å². The summed E-state index contributed by atoms with van der Waals surface area (Å²) in [5.74, 6) is 2.91. The highest BCUT2D eigenvalue weighted by atomic mass is 16.3. The second-order valence-corrected chi connectivity index (χ2v) is 38.5. The Hall–Kier alpha value is -19.2. The molecule has 32 rings (SSSR count). The molecule has 0 N–H and O–H groups in total. The average Bonchev–Trinajstić information content (AvgIpc) is 1.59. The smallest absolute Gasteiger partial charge is 0.238 e. The summed E-state index contributed by atoms with van der Waals surface area (Å²) in [4.78, 5) is 30.9. The van der Waals surface area contributed by atoms with E-state index in [4.69, 9.17) is 33.8 Å². The zero-order valence-electron chi connectivity index (χ0n) is 76.9. The average molecular weight is 1820 g/mol. The van der Waals surface area contributed by atoms with Crippen molar-refractivity contribution < 1.29 is 8.83 Å². The van der Waals surface area contributed by atoms with Crippen LogP contribution in [0, 0.1) is 0 Å². The zero-order chi connectivity index (χ0) is 93.2. The Bertz CT molecular complexity index is 11100. The van der Waals surface area contributed by atoms with Crippen LogP contribution in [0.2, 0.25) is 0 Å². The summed E-state index contributed by atoms with van der Waals surface area (Å²) in [6.45, 7) is 0. The van der Waals surface area contributed by atoms with Crippen molar-refractivity contribution >= 4 is 251 Å². The van der Waals surface area contributed by atoms with Crippen molar-refractivity contribution in [3.63, 3.8) is 0 Å². The molecular weight excluding hydrogens is 1750 g/mol. The van der Waals surface area contributed by atoms with E-state index in [2.05, 4.69) is 467 Å². The summed E-state index contributed by atoms with van der Waals surface area (Å²) in [7, 11) is 2.15. The molecule has 0 amide bonds. The number of fused-ring (bicyclic) bond motifs is 32. The van der Waals surface area contributed by atoms with Gasteiger partial charge in [-0.2, -0.15) is 15.0 Å². The van der Waals surface area contributed by atoms with Gasteiger partial charge in [0.05, 0.1) is 55.3 Å². The molecule has 1 unspecified atom stereocenters. The number of amidine groups is 1. The van der Waals surface area contributed by atoms with Gasteiger partial charge in [-0.1, -0.05) is 291 Å². The van der Waals surface area contributed by atoms with Crippen LogP contribution < -0.4 is 0 Å². The summed E-state index contributed by atoms with van der Waals surface area (Å²) in [5.41, 5.74) is 19.4. The van der Waals surface area contributed by atoms with Crippen molar-refractivity contribution in [2.45, 2.75) is 6.17 Å². The van der Waals surface area contributed by atoms with Crippen molar-refractivity contribution in [2.24, 2.45) is 9.98 Å². The molecule has 0 saturated heterocycles. The molecule has 1 aliphatic heterocycles. The van der Waals surface area contributed by atoms with E-state index in [1.54, 1.807) is 0 Å². The molecular formula is C131H76N10O2. The van der Waals surface area contributed by atoms with E-state index in [1.165, 1.54) is 53.9 Å². The number of nitrogens with zero attached hydrogens (tertiary/aromatic N) is 10. The first-order valence-corrected chi connectivity index (χ1v) is 48.8. The van der Waals surface area contributed by atoms with Crippen molar-refractivity contribution in [3.8, 4) is 51.2 Å². The molecule has 1 atom stereocenters. The maximum Gasteiger partial charge on any atom is 0.238 e. The van der Waals surface area contributed by atoms with Crippen LogP contribution >= 0.6 is 0 Å². The van der Waals surface area contributed by atoms with E-state index in [1.807, 2.05) is 0 Å². The quantitative estimate of drug-likeness (QED) is 0.140. The molecule has 0 fully saturated rings. The van der Waals surface area contributed by atoms with Crippen LogP contribution in [-0.4, -0.2) is 57.0 Å². The lowest BCUT2D eigenvalue weighted by Crippen LogP contribution is -2.39. The van der Waals surface area contributed by atoms with Gasteiger partial charge in [0.2, 0.25) is 11.9 Å². The van der Waals surface area contributed by atoms with Gasteiger partial charge in [-0.15, -0.1) is 0 Å². The van der Waals surface area contributed by atoms with Crippen molar-refractivity contribution in [3.05, 3.63) is 448 Å². The minimum absolute atomic E-state index is 0.503. The SMILES string of the molecule is CN1C(n2c3ccccc3c3ccccc32)=NC(c2cc3cc(-n4c5cc6ccccc6cc5c5cc6ccc(-c7ccc8cc9c(cc8c7)c7cc8ccccc8cc7n9-c7ccc8cc(-c9nc(-c%10cc%11ccccc%11c%11ccccc%10%11)nc(-n%10c%11ccccc%11c%11ccccc%11%10)n9)c9oc%10ccccc%10c9c8c7)cc6cc54)ccc3c3c2oc2ccccc23)=NC1c1cc2ccccc2c2ccccc12. The molecule has 0 bridgehead atoms. The molecule has 143 heavy (non-hydrogen) atoms. The van der Waals surface area contributed by atoms with Gasteiger partial charge in [-0.05, 0) is 264 Å². The maximum atomic E-state index is 7.26. The Morgan fingerprint density at radius 1 is 0.224 bits per heavy atom. The van der Waals surface area contributed by atoms with E-state index < -0.39 is 6.17 Å². The number of aromatic nitrogens is 7. The molecule has 0 radical (unpaired) electrons. The van der Waals surface area contributed by atoms with Gasteiger partial charge in [-0.3, -0.25) is 9.13 Å². The molecule has 1 aliphatic rings. The maximum absolute atomic E-state index is 7.26. The summed E-state index contributed by atoms with van der Waals surface area (Å²) in [6, 6.07) is 160. The molecule has 0 saturated carbocycles. The highest BCUT2D eigenvalue weighted by Gasteiger charge is 2.34. The first kappa shape index (κ1) is 77.9. The number of hydrogen-bond acceptors (Lipinski definition) is 8. The first-order valence-electron chi connectivity index (χ1n) is 48.8. The van der Waals surface area contributed by atoms with Crippen molar-refractivity contribution in [1.82, 2.24) is 38.1 Å². The van der Waals surface area contributed by atoms with Gasteiger partial charge < -0.3 is 22.9 Å². The van der Waals surface area contributed by atoms with Crippen LogP contribution in [-0.2, 0) is 0 Å². The fourth-order valence-corrected chi connectivity index (χ4v) is 24.3. The molecule has 31 aromatic rings. The number of hydrogen-bond donors (Lipinski definition) is 0. The third kappa shape index (κ3) is 11.4. The Kier molecular flexibility index (Phi) is 16.0. The number of rotatable bonds is 8. The lowest BCUT2D eigenvalue weighted by molar-refractivity contribution is 0.375. The van der Waals surface area contributed by atoms with Gasteiger partial charge in [0.15, 0.2) is 23.7 Å². The third-order valence-electron chi connectivity index (χ3n) is 30.8. The van der Waals surface area contributed by atoms with Gasteiger partial charge in [-0.25, -0.2) is 9.98 Å². The third-order valence-corrected chi connectivity index (χ3v) is 30.8. The Morgan fingerprint density at radius 3 is 1.17 bits per heavy atom. The standard InChI is InChI=1S/C131H76N10O2/c1-137-129(109-65-83-31-7-9-33-91(83)94-35-11-13-37-96(94)109)133-128(136-131(137)141-114-46-22-16-40-99(114)100-41-17-23-47-115(100)141)111-68-87-60-88(56-57-92(87)122-101-42-18-24-48-120(101)142-124(111)122)138-116-69-76-28-4-2-26-74(76)61-104(116)106-63-80-52-50-79(59-86(80)72-119(106)138)78-51-53-81-71-118-107(67-85(81)58-78)105-62-75-27-3-5-29-77(75)70-117(105)139(118)89-55-54-84-66-110(125-123(103(84)73-89)102-43-19-25-49-121(102)143-125)127-132-126(108-64-82-30-6-8-32-90(82)93-34-10-12-36-95(93)108)134-130(135-127)140-112-44-20-14-38-97(112)98-39-15-21-45-113(98)140/h2-73,129H,1H3. The van der Waals surface area contributed by atoms with E-state index in [9.17, 15) is 0 Å². The molecule has 24 aromatic carbocycles. The topological polar surface area (TPSA) is 113 Å². The predicted octanol–water partition coefficient (Wildman–Crippen LogP) is 33.9. The van der Waals surface area contributed by atoms with E-state index >= 15 is 0 Å². The molecule has 0 aliphatic carbocycles. The molecule has 12 heteroatoms. The van der Waals surface area contributed by atoms with Gasteiger partial charge in [0.25, 0.3) is 0 Å². The molecule has 7 aromatic heterocycles. The number of para-hydroxylation sites is 6. The van der Waals surface area contributed by atoms with Crippen LogP contribution in [0.3, 0.4) is 0 Å². The number of furan rings is 2. The summed E-state index contributed by atoms with van der Waals surface area (Å²) in [5, 5.41) is 35.8. The molecule has 0 spiro atoms.